The summed E-state index contributed by atoms with van der Waals surface area (Å²) in [6.07, 6.45) is 0. The van der Waals surface area contributed by atoms with Crippen molar-refractivity contribution in [3.63, 3.8) is 0 Å². The van der Waals surface area contributed by atoms with E-state index in [9.17, 15) is 9.59 Å². The maximum absolute atomic E-state index is 12.2. The minimum Gasteiger partial charge on any atom is -0.374 e. The lowest BCUT2D eigenvalue weighted by molar-refractivity contribution is -0.116. The molecule has 0 fully saturated rings. The van der Waals surface area contributed by atoms with Gasteiger partial charge in [0.05, 0.1) is 0 Å². The van der Waals surface area contributed by atoms with Crippen molar-refractivity contribution in [1.29, 1.82) is 0 Å². The number of carbonyl (C=O) groups excluding carboxylic acids is 2. The Bertz CT molecular complexity index is 729. The van der Waals surface area contributed by atoms with Gasteiger partial charge in [0.1, 0.15) is 6.04 Å². The number of benzene rings is 2. The Balaban J connectivity index is 1.99. The van der Waals surface area contributed by atoms with Crippen molar-refractivity contribution in [3.05, 3.63) is 58.1 Å². The number of anilines is 2. The summed E-state index contributed by atoms with van der Waals surface area (Å²) in [6.45, 7) is 3.77. The molecule has 0 aromatic heterocycles. The van der Waals surface area contributed by atoms with E-state index >= 15 is 0 Å². The van der Waals surface area contributed by atoms with Crippen molar-refractivity contribution in [2.45, 2.75) is 19.9 Å². The molecule has 0 saturated heterocycles. The van der Waals surface area contributed by atoms with Crippen LogP contribution in [-0.2, 0) is 4.79 Å². The van der Waals surface area contributed by atoms with Gasteiger partial charge in [-0.3, -0.25) is 9.59 Å². The van der Waals surface area contributed by atoms with Crippen LogP contribution in [0.3, 0.4) is 0 Å². The Labute approximate surface area is 143 Å². The summed E-state index contributed by atoms with van der Waals surface area (Å²) in [5.74, 6) is -0.666. The largest absolute Gasteiger partial charge is 0.374 e. The number of nitrogens with one attached hydrogen (secondary N) is 2. The molecular weight excluding hydrogens is 358 g/mol. The Kier molecular flexibility index (Phi) is 5.39. The van der Waals surface area contributed by atoms with Crippen LogP contribution < -0.4 is 16.4 Å². The highest BCUT2D eigenvalue weighted by Crippen LogP contribution is 2.20. The Morgan fingerprint density at radius 2 is 1.70 bits per heavy atom. The number of amides is 2. The molecule has 6 heteroatoms. The molecule has 4 N–H and O–H groups in total. The third-order valence-corrected chi connectivity index (χ3v) is 4.26. The van der Waals surface area contributed by atoms with Crippen molar-refractivity contribution in [1.82, 2.24) is 0 Å². The zero-order valence-corrected chi connectivity index (χ0v) is 14.5. The van der Waals surface area contributed by atoms with Gasteiger partial charge >= 0.3 is 0 Å². The van der Waals surface area contributed by atoms with Crippen LogP contribution in [0.25, 0.3) is 0 Å². The van der Waals surface area contributed by atoms with Crippen LogP contribution in [0.1, 0.15) is 22.8 Å². The van der Waals surface area contributed by atoms with Crippen molar-refractivity contribution in [2.75, 3.05) is 10.6 Å². The van der Waals surface area contributed by atoms with E-state index in [1.54, 1.807) is 31.2 Å². The minimum absolute atomic E-state index is 0.169. The quantitative estimate of drug-likeness (QED) is 0.749. The Hall–Kier alpha value is -2.34. The number of hydrogen-bond donors (Lipinski definition) is 3. The molecule has 0 spiro atoms. The normalized spacial score (nSPS) is 11.6. The van der Waals surface area contributed by atoms with E-state index in [1.165, 1.54) is 0 Å². The van der Waals surface area contributed by atoms with E-state index in [1.807, 2.05) is 25.1 Å². The number of carbonyl (C=O) groups is 2. The summed E-state index contributed by atoms with van der Waals surface area (Å²) in [6, 6.07) is 11.8. The fourth-order valence-electron chi connectivity index (χ4n) is 2.02. The lowest BCUT2D eigenvalue weighted by Crippen LogP contribution is -2.31. The van der Waals surface area contributed by atoms with Gasteiger partial charge in [-0.05, 0) is 61.9 Å². The van der Waals surface area contributed by atoms with Gasteiger partial charge < -0.3 is 16.4 Å². The molecule has 1 atom stereocenters. The first-order chi connectivity index (χ1) is 10.9. The standard InChI is InChI=1S/C17H18BrN3O2/c1-10-9-14(7-8-15(10)18)20-11(2)17(23)21-13-5-3-12(4-6-13)16(19)22/h3-9,11,20H,1-2H3,(H2,19,22)(H,21,23). The van der Waals surface area contributed by atoms with Crippen molar-refractivity contribution in [3.8, 4) is 0 Å². The Morgan fingerprint density at radius 3 is 2.26 bits per heavy atom. The summed E-state index contributed by atoms with van der Waals surface area (Å²) in [7, 11) is 0. The van der Waals surface area contributed by atoms with Crippen LogP contribution in [0.5, 0.6) is 0 Å². The lowest BCUT2D eigenvalue weighted by Gasteiger charge is -2.16. The lowest BCUT2D eigenvalue weighted by atomic mass is 10.2. The van der Waals surface area contributed by atoms with Gasteiger partial charge in [0, 0.05) is 21.4 Å². The zero-order chi connectivity index (χ0) is 17.0. The second kappa shape index (κ2) is 7.28. The molecule has 0 aliphatic heterocycles. The van der Waals surface area contributed by atoms with E-state index in [-0.39, 0.29) is 5.91 Å². The van der Waals surface area contributed by atoms with E-state index < -0.39 is 11.9 Å². The highest BCUT2D eigenvalue weighted by Gasteiger charge is 2.13. The number of hydrogen-bond acceptors (Lipinski definition) is 3. The minimum atomic E-state index is -0.497. The highest BCUT2D eigenvalue weighted by molar-refractivity contribution is 9.10. The maximum atomic E-state index is 12.2. The third kappa shape index (κ3) is 4.56. The summed E-state index contributed by atoms with van der Waals surface area (Å²) in [5.41, 5.74) is 8.16. The first kappa shape index (κ1) is 17.0. The molecule has 0 radical (unpaired) electrons. The van der Waals surface area contributed by atoms with Crippen LogP contribution in [-0.4, -0.2) is 17.9 Å². The SMILES string of the molecule is Cc1cc(NC(C)C(=O)Nc2ccc(C(N)=O)cc2)ccc1Br. The van der Waals surface area contributed by atoms with E-state index in [4.69, 9.17) is 5.73 Å². The topological polar surface area (TPSA) is 84.2 Å². The molecule has 23 heavy (non-hydrogen) atoms. The summed E-state index contributed by atoms with van der Waals surface area (Å²) in [5, 5.41) is 5.94. The molecule has 2 rings (SSSR count). The molecule has 0 aliphatic carbocycles. The number of nitrogens with two attached hydrogens (primary N) is 1. The highest BCUT2D eigenvalue weighted by atomic mass is 79.9. The molecule has 1 unspecified atom stereocenters. The maximum Gasteiger partial charge on any atom is 0.248 e. The van der Waals surface area contributed by atoms with Gasteiger partial charge in [0.15, 0.2) is 0 Å². The van der Waals surface area contributed by atoms with Gasteiger partial charge in [-0.15, -0.1) is 0 Å². The number of primary amides is 1. The fraction of sp³-hybridized carbons (Fsp3) is 0.176. The molecular formula is C17H18BrN3O2. The molecule has 0 heterocycles. The average molecular weight is 376 g/mol. The second-order valence-electron chi connectivity index (χ2n) is 5.26. The predicted octanol–water partition coefficient (Wildman–Crippen LogP) is 3.30. The monoisotopic (exact) mass is 375 g/mol. The fourth-order valence-corrected chi connectivity index (χ4v) is 2.26. The average Bonchev–Trinajstić information content (AvgIpc) is 2.51. The smallest absolute Gasteiger partial charge is 0.248 e. The van der Waals surface area contributed by atoms with Gasteiger partial charge in [-0.25, -0.2) is 0 Å². The third-order valence-electron chi connectivity index (χ3n) is 3.37. The first-order valence-corrected chi connectivity index (χ1v) is 7.89. The molecule has 5 nitrogen and oxygen atoms in total. The van der Waals surface area contributed by atoms with Crippen molar-refractivity contribution in [2.24, 2.45) is 5.73 Å². The zero-order valence-electron chi connectivity index (χ0n) is 12.9. The van der Waals surface area contributed by atoms with Crippen LogP contribution >= 0.6 is 15.9 Å². The second-order valence-corrected chi connectivity index (χ2v) is 6.12. The van der Waals surface area contributed by atoms with Crippen molar-refractivity contribution < 1.29 is 9.59 Å². The Morgan fingerprint density at radius 1 is 1.09 bits per heavy atom. The molecule has 0 bridgehead atoms. The van der Waals surface area contributed by atoms with Gasteiger partial charge in [0.2, 0.25) is 11.8 Å². The summed E-state index contributed by atoms with van der Waals surface area (Å²) in [4.78, 5) is 23.2. The molecule has 2 aromatic rings. The molecule has 0 saturated carbocycles. The number of rotatable bonds is 5. The first-order valence-electron chi connectivity index (χ1n) is 7.10. The number of halogens is 1. The van der Waals surface area contributed by atoms with E-state index in [0.29, 0.717) is 11.3 Å². The van der Waals surface area contributed by atoms with Gasteiger partial charge in [-0.2, -0.15) is 0 Å². The van der Waals surface area contributed by atoms with E-state index in [0.717, 1.165) is 15.7 Å². The van der Waals surface area contributed by atoms with Gasteiger partial charge in [0.25, 0.3) is 0 Å². The summed E-state index contributed by atoms with van der Waals surface area (Å²) < 4.78 is 1.02. The van der Waals surface area contributed by atoms with Crippen LogP contribution in [0.4, 0.5) is 11.4 Å². The number of aryl methyl sites for hydroxylation is 1. The van der Waals surface area contributed by atoms with E-state index in [2.05, 4.69) is 26.6 Å². The van der Waals surface area contributed by atoms with Crippen LogP contribution in [0, 0.1) is 6.92 Å². The van der Waals surface area contributed by atoms with Crippen molar-refractivity contribution >= 4 is 39.1 Å². The molecule has 2 aromatic carbocycles. The molecule has 120 valence electrons. The van der Waals surface area contributed by atoms with Crippen LogP contribution in [0.2, 0.25) is 0 Å². The van der Waals surface area contributed by atoms with Crippen LogP contribution in [0.15, 0.2) is 46.9 Å². The summed E-state index contributed by atoms with van der Waals surface area (Å²) >= 11 is 3.44. The van der Waals surface area contributed by atoms with Gasteiger partial charge in [-0.1, -0.05) is 15.9 Å². The molecule has 2 amide bonds. The molecule has 0 aliphatic rings. The predicted molar refractivity (Wildman–Crippen MR) is 95.6 cm³/mol.